The van der Waals surface area contributed by atoms with Crippen LogP contribution in [0.2, 0.25) is 0 Å². The first-order valence-corrected chi connectivity index (χ1v) is 8.93. The maximum Gasteiger partial charge on any atom is 0.222 e. The van der Waals surface area contributed by atoms with Crippen LogP contribution in [-0.4, -0.2) is 44.3 Å². The molecule has 0 saturated carbocycles. The summed E-state index contributed by atoms with van der Waals surface area (Å²) < 4.78 is 11.1. The van der Waals surface area contributed by atoms with Crippen molar-refractivity contribution in [2.24, 2.45) is 0 Å². The number of ether oxygens (including phenoxy) is 2. The Morgan fingerprint density at radius 3 is 2.80 bits per heavy atom. The van der Waals surface area contributed by atoms with E-state index in [1.807, 2.05) is 30.3 Å². The van der Waals surface area contributed by atoms with E-state index in [-0.39, 0.29) is 30.4 Å². The van der Waals surface area contributed by atoms with Crippen molar-refractivity contribution < 1.29 is 19.1 Å². The Balaban J connectivity index is 1.63. The Morgan fingerprint density at radius 1 is 1.32 bits per heavy atom. The van der Waals surface area contributed by atoms with Gasteiger partial charge in [-0.25, -0.2) is 0 Å². The van der Waals surface area contributed by atoms with E-state index in [4.69, 9.17) is 9.47 Å². The number of hydrogen-bond acceptors (Lipinski definition) is 4. The first-order chi connectivity index (χ1) is 12.1. The van der Waals surface area contributed by atoms with Crippen molar-refractivity contribution in [1.29, 1.82) is 0 Å². The maximum atomic E-state index is 12.1. The summed E-state index contributed by atoms with van der Waals surface area (Å²) in [5, 5.41) is 5.71. The van der Waals surface area contributed by atoms with Crippen LogP contribution < -0.4 is 10.6 Å². The van der Waals surface area contributed by atoms with Crippen LogP contribution in [0.5, 0.6) is 0 Å². The quantitative estimate of drug-likeness (QED) is 0.634. The molecular weight excluding hydrogens is 320 g/mol. The van der Waals surface area contributed by atoms with E-state index in [1.165, 1.54) is 6.92 Å². The Hall–Kier alpha value is -1.92. The molecule has 2 unspecified atom stereocenters. The molecule has 1 saturated heterocycles. The lowest BCUT2D eigenvalue weighted by Gasteiger charge is -2.18. The van der Waals surface area contributed by atoms with Gasteiger partial charge in [0.15, 0.2) is 0 Å². The van der Waals surface area contributed by atoms with E-state index in [0.29, 0.717) is 19.8 Å². The average Bonchev–Trinajstić information content (AvgIpc) is 3.11. The summed E-state index contributed by atoms with van der Waals surface area (Å²) >= 11 is 0. The Bertz CT molecular complexity index is 529. The number of hydrogen-bond donors (Lipinski definition) is 2. The fourth-order valence-electron chi connectivity index (χ4n) is 2.83. The predicted octanol–water partition coefficient (Wildman–Crippen LogP) is 1.96. The Morgan fingerprint density at radius 2 is 2.12 bits per heavy atom. The first kappa shape index (κ1) is 19.4. The van der Waals surface area contributed by atoms with Gasteiger partial charge < -0.3 is 20.1 Å². The summed E-state index contributed by atoms with van der Waals surface area (Å²) in [6.07, 6.45) is 3.40. The molecule has 1 aromatic carbocycles. The second kappa shape index (κ2) is 10.8. The van der Waals surface area contributed by atoms with Crippen LogP contribution in [0.3, 0.4) is 0 Å². The fraction of sp³-hybridized carbons (Fsp3) is 0.579. The second-order valence-electron chi connectivity index (χ2n) is 6.28. The topological polar surface area (TPSA) is 76.7 Å². The van der Waals surface area contributed by atoms with Gasteiger partial charge in [-0.15, -0.1) is 0 Å². The molecule has 2 rings (SSSR count). The third-order valence-electron chi connectivity index (χ3n) is 4.08. The highest BCUT2D eigenvalue weighted by molar-refractivity contribution is 5.79. The highest BCUT2D eigenvalue weighted by Crippen LogP contribution is 2.16. The molecule has 0 spiro atoms. The van der Waals surface area contributed by atoms with Crippen LogP contribution >= 0.6 is 0 Å². The molecule has 0 aliphatic carbocycles. The molecule has 0 radical (unpaired) electrons. The smallest absolute Gasteiger partial charge is 0.222 e. The summed E-state index contributed by atoms with van der Waals surface area (Å²) in [6, 6.07) is 9.21. The van der Waals surface area contributed by atoms with Crippen molar-refractivity contribution >= 4 is 11.8 Å². The highest BCUT2D eigenvalue weighted by Gasteiger charge is 2.17. The molecule has 6 nitrogen and oxygen atoms in total. The molecule has 1 aromatic rings. The summed E-state index contributed by atoms with van der Waals surface area (Å²) in [4.78, 5) is 23.5. The number of carbonyl (C=O) groups excluding carboxylic acids is 2. The molecule has 0 aromatic heterocycles. The molecule has 1 aliphatic heterocycles. The minimum absolute atomic E-state index is 0.0817. The molecule has 25 heavy (non-hydrogen) atoms. The van der Waals surface area contributed by atoms with Crippen LogP contribution in [0.15, 0.2) is 30.3 Å². The largest absolute Gasteiger partial charge is 0.379 e. The number of benzene rings is 1. The van der Waals surface area contributed by atoms with E-state index < -0.39 is 0 Å². The summed E-state index contributed by atoms with van der Waals surface area (Å²) in [5.41, 5.74) is 0.924. The van der Waals surface area contributed by atoms with E-state index in [9.17, 15) is 9.59 Å². The number of carbonyl (C=O) groups is 2. The highest BCUT2D eigenvalue weighted by atomic mass is 16.5. The van der Waals surface area contributed by atoms with Crippen LogP contribution in [0, 0.1) is 0 Å². The zero-order valence-electron chi connectivity index (χ0n) is 14.8. The minimum Gasteiger partial charge on any atom is -0.379 e. The van der Waals surface area contributed by atoms with Crippen molar-refractivity contribution in [3.63, 3.8) is 0 Å². The van der Waals surface area contributed by atoms with Gasteiger partial charge >= 0.3 is 0 Å². The predicted molar refractivity (Wildman–Crippen MR) is 95.0 cm³/mol. The van der Waals surface area contributed by atoms with Crippen molar-refractivity contribution in [2.75, 3.05) is 26.4 Å². The van der Waals surface area contributed by atoms with Crippen molar-refractivity contribution in [2.45, 2.75) is 44.8 Å². The van der Waals surface area contributed by atoms with Crippen molar-refractivity contribution in [1.82, 2.24) is 10.6 Å². The monoisotopic (exact) mass is 348 g/mol. The lowest BCUT2D eigenvalue weighted by Crippen LogP contribution is -2.33. The van der Waals surface area contributed by atoms with Crippen molar-refractivity contribution in [3.8, 4) is 0 Å². The lowest BCUT2D eigenvalue weighted by molar-refractivity contribution is -0.122. The van der Waals surface area contributed by atoms with E-state index in [2.05, 4.69) is 10.6 Å². The molecule has 2 atom stereocenters. The van der Waals surface area contributed by atoms with Gasteiger partial charge in [-0.1, -0.05) is 30.3 Å². The zero-order valence-corrected chi connectivity index (χ0v) is 14.8. The molecule has 1 heterocycles. The number of rotatable bonds is 10. The van der Waals surface area contributed by atoms with Crippen LogP contribution in [0.4, 0.5) is 0 Å². The molecular formula is C19H28N2O4. The summed E-state index contributed by atoms with van der Waals surface area (Å²) in [7, 11) is 0. The van der Waals surface area contributed by atoms with Gasteiger partial charge in [0.25, 0.3) is 0 Å². The van der Waals surface area contributed by atoms with Crippen molar-refractivity contribution in [3.05, 3.63) is 35.9 Å². The minimum atomic E-state index is -0.311. The van der Waals surface area contributed by atoms with E-state index in [1.54, 1.807) is 0 Å². The molecule has 1 fully saturated rings. The molecule has 1 aliphatic rings. The third kappa shape index (κ3) is 7.67. The van der Waals surface area contributed by atoms with Crippen LogP contribution in [0.25, 0.3) is 0 Å². The van der Waals surface area contributed by atoms with Gasteiger partial charge in [0.2, 0.25) is 11.8 Å². The summed E-state index contributed by atoms with van der Waals surface area (Å²) in [5.74, 6) is -0.231. The zero-order chi connectivity index (χ0) is 17.9. The Kier molecular flexibility index (Phi) is 8.42. The second-order valence-corrected chi connectivity index (χ2v) is 6.28. The van der Waals surface area contributed by atoms with Gasteiger partial charge in [0, 0.05) is 26.7 Å². The lowest BCUT2D eigenvalue weighted by atomic mass is 10.0. The van der Waals surface area contributed by atoms with Gasteiger partial charge in [-0.05, 0) is 24.8 Å². The molecule has 138 valence electrons. The third-order valence-corrected chi connectivity index (χ3v) is 4.08. The molecule has 0 bridgehead atoms. The van der Waals surface area contributed by atoms with Gasteiger partial charge in [-0.3, -0.25) is 9.59 Å². The molecule has 2 N–H and O–H groups in total. The first-order valence-electron chi connectivity index (χ1n) is 8.93. The Labute approximate surface area is 149 Å². The van der Waals surface area contributed by atoms with Gasteiger partial charge in [-0.2, -0.15) is 0 Å². The SMILES string of the molecule is CC(=O)NC(CC(=O)NCCCOCC1CCCO1)c1ccccc1. The van der Waals surface area contributed by atoms with E-state index in [0.717, 1.165) is 31.4 Å². The van der Waals surface area contributed by atoms with Gasteiger partial charge in [0.05, 0.1) is 25.2 Å². The average molecular weight is 348 g/mol. The number of nitrogens with one attached hydrogen (secondary N) is 2. The van der Waals surface area contributed by atoms with E-state index >= 15 is 0 Å². The maximum absolute atomic E-state index is 12.1. The molecule has 6 heteroatoms. The van der Waals surface area contributed by atoms with Crippen LogP contribution in [-0.2, 0) is 19.1 Å². The normalized spacial score (nSPS) is 17.9. The fourth-order valence-corrected chi connectivity index (χ4v) is 2.83. The summed E-state index contributed by atoms with van der Waals surface area (Å²) in [6.45, 7) is 4.09. The van der Waals surface area contributed by atoms with Gasteiger partial charge in [0.1, 0.15) is 0 Å². The molecule has 2 amide bonds. The number of amides is 2. The van der Waals surface area contributed by atoms with Crippen LogP contribution in [0.1, 0.15) is 44.2 Å². The standard InChI is InChI=1S/C19H28N2O4/c1-15(22)21-18(16-7-3-2-4-8-16)13-19(23)20-10-6-11-24-14-17-9-5-12-25-17/h2-4,7-8,17-18H,5-6,9-14H2,1H3,(H,20,23)(H,21,22).